The van der Waals surface area contributed by atoms with E-state index in [1.807, 2.05) is 25.1 Å². The number of aryl methyl sites for hydroxylation is 2. The predicted molar refractivity (Wildman–Crippen MR) is 88.3 cm³/mol. The summed E-state index contributed by atoms with van der Waals surface area (Å²) >= 11 is 0. The quantitative estimate of drug-likeness (QED) is 0.781. The highest BCUT2D eigenvalue weighted by molar-refractivity contribution is 5.92. The highest BCUT2D eigenvalue weighted by Gasteiger charge is 2.15. The zero-order chi connectivity index (χ0) is 15.8. The van der Waals surface area contributed by atoms with Crippen molar-refractivity contribution in [3.8, 4) is 0 Å². The number of aromatic nitrogens is 4. The van der Waals surface area contributed by atoms with Crippen molar-refractivity contribution < 1.29 is 4.79 Å². The maximum Gasteiger partial charge on any atom is 0.229 e. The Hall–Kier alpha value is -2.63. The van der Waals surface area contributed by atoms with E-state index < -0.39 is 0 Å². The third kappa shape index (κ3) is 2.72. The second-order valence-electron chi connectivity index (χ2n) is 6.07. The summed E-state index contributed by atoms with van der Waals surface area (Å²) in [6.07, 6.45) is 5.41. The number of carbonyl (C=O) groups excluding carboxylic acids is 1. The number of aromatic amines is 1. The van der Waals surface area contributed by atoms with E-state index in [1.165, 1.54) is 6.42 Å². The molecule has 6 heteroatoms. The Labute approximate surface area is 133 Å². The molecule has 0 saturated carbocycles. The van der Waals surface area contributed by atoms with Crippen molar-refractivity contribution in [3.63, 3.8) is 0 Å². The summed E-state index contributed by atoms with van der Waals surface area (Å²) in [5.41, 5.74) is 2.86. The van der Waals surface area contributed by atoms with Gasteiger partial charge in [0.25, 0.3) is 0 Å². The first kappa shape index (κ1) is 14.0. The molecule has 6 nitrogen and oxygen atoms in total. The van der Waals surface area contributed by atoms with Crippen LogP contribution in [0.3, 0.4) is 0 Å². The Balaban J connectivity index is 1.49. The zero-order valence-corrected chi connectivity index (χ0v) is 13.1. The summed E-state index contributed by atoms with van der Waals surface area (Å²) in [7, 11) is 0. The number of carbonyl (C=O) groups is 1. The average molecular weight is 309 g/mol. The van der Waals surface area contributed by atoms with Crippen LogP contribution in [0.15, 0.2) is 24.4 Å². The lowest BCUT2D eigenvalue weighted by molar-refractivity contribution is -0.115. The lowest BCUT2D eigenvalue weighted by Gasteiger charge is -2.16. The number of nitrogens with zero attached hydrogens (tertiary/aromatic N) is 3. The molecule has 2 N–H and O–H groups in total. The highest BCUT2D eigenvalue weighted by Crippen LogP contribution is 2.20. The number of anilines is 1. The number of hydrogen-bond acceptors (Lipinski definition) is 3. The van der Waals surface area contributed by atoms with Gasteiger partial charge in [0, 0.05) is 13.0 Å². The van der Waals surface area contributed by atoms with E-state index in [1.54, 1.807) is 6.20 Å². The molecule has 2 aromatic heterocycles. The van der Waals surface area contributed by atoms with E-state index >= 15 is 0 Å². The van der Waals surface area contributed by atoms with E-state index in [-0.39, 0.29) is 5.91 Å². The molecule has 23 heavy (non-hydrogen) atoms. The molecule has 0 bridgehead atoms. The Morgan fingerprint density at radius 2 is 2.30 bits per heavy atom. The predicted octanol–water partition coefficient (Wildman–Crippen LogP) is 2.59. The van der Waals surface area contributed by atoms with Crippen LogP contribution in [0.2, 0.25) is 0 Å². The third-order valence-corrected chi connectivity index (χ3v) is 4.27. The molecule has 0 aliphatic carbocycles. The number of hydrogen-bond donors (Lipinski definition) is 2. The molecule has 0 fully saturated rings. The minimum atomic E-state index is -0.0196. The number of H-pyrrole nitrogens is 1. The van der Waals surface area contributed by atoms with Crippen LogP contribution in [0, 0.1) is 6.92 Å². The fraction of sp³-hybridized carbons (Fsp3) is 0.353. The van der Waals surface area contributed by atoms with Crippen LogP contribution in [0.1, 0.15) is 30.1 Å². The van der Waals surface area contributed by atoms with Gasteiger partial charge in [-0.05, 0) is 37.5 Å². The average Bonchev–Trinajstić information content (AvgIpc) is 3.10. The van der Waals surface area contributed by atoms with Gasteiger partial charge in [0.05, 0.1) is 23.7 Å². The fourth-order valence-corrected chi connectivity index (χ4v) is 3.18. The van der Waals surface area contributed by atoms with Crippen molar-refractivity contribution in [1.82, 2.24) is 19.5 Å². The van der Waals surface area contributed by atoms with Crippen molar-refractivity contribution in [3.05, 3.63) is 41.6 Å². The largest absolute Gasteiger partial charge is 0.342 e. The Morgan fingerprint density at radius 3 is 3.22 bits per heavy atom. The van der Waals surface area contributed by atoms with Gasteiger partial charge in [0.2, 0.25) is 5.91 Å². The maximum absolute atomic E-state index is 12.3. The minimum Gasteiger partial charge on any atom is -0.342 e. The second-order valence-corrected chi connectivity index (χ2v) is 6.07. The monoisotopic (exact) mass is 309 g/mol. The van der Waals surface area contributed by atoms with Crippen molar-refractivity contribution >= 4 is 22.8 Å². The van der Waals surface area contributed by atoms with Crippen LogP contribution in [0.5, 0.6) is 0 Å². The number of imidazole rings is 2. The van der Waals surface area contributed by atoms with E-state index in [0.717, 1.165) is 53.4 Å². The zero-order valence-electron chi connectivity index (χ0n) is 13.1. The molecule has 0 spiro atoms. The van der Waals surface area contributed by atoms with Crippen molar-refractivity contribution in [2.24, 2.45) is 0 Å². The first-order chi connectivity index (χ1) is 11.2. The topological polar surface area (TPSA) is 75.6 Å². The SMILES string of the molecule is Cc1nc2ccc(CC(=O)Nc3cnc4n3CCCC4)cc2[nH]1. The van der Waals surface area contributed by atoms with Crippen LogP contribution < -0.4 is 5.32 Å². The van der Waals surface area contributed by atoms with Crippen LogP contribution in [-0.2, 0) is 24.2 Å². The molecule has 0 atom stereocenters. The first-order valence-corrected chi connectivity index (χ1v) is 7.98. The molecule has 1 amide bonds. The highest BCUT2D eigenvalue weighted by atomic mass is 16.1. The molecule has 1 aromatic carbocycles. The molecule has 0 saturated heterocycles. The number of rotatable bonds is 3. The van der Waals surface area contributed by atoms with Gasteiger partial charge in [-0.2, -0.15) is 0 Å². The van der Waals surface area contributed by atoms with E-state index in [2.05, 4.69) is 24.8 Å². The van der Waals surface area contributed by atoms with Crippen molar-refractivity contribution in [2.45, 2.75) is 39.2 Å². The summed E-state index contributed by atoms with van der Waals surface area (Å²) < 4.78 is 2.11. The standard InChI is InChI=1S/C17H19N5O/c1-11-19-13-6-5-12(8-14(13)20-11)9-17(23)21-16-10-18-15-4-2-3-7-22(15)16/h5-6,8,10H,2-4,7,9H2,1H3,(H,19,20)(H,21,23). The van der Waals surface area contributed by atoms with Gasteiger partial charge in [-0.25, -0.2) is 9.97 Å². The Kier molecular flexibility index (Phi) is 3.37. The molecule has 3 heterocycles. The first-order valence-electron chi connectivity index (χ1n) is 7.98. The molecular weight excluding hydrogens is 290 g/mol. The lowest BCUT2D eigenvalue weighted by atomic mass is 10.1. The summed E-state index contributed by atoms with van der Waals surface area (Å²) in [6.45, 7) is 2.86. The molecule has 4 rings (SSSR count). The third-order valence-electron chi connectivity index (χ3n) is 4.27. The van der Waals surface area contributed by atoms with Gasteiger partial charge < -0.3 is 14.9 Å². The number of nitrogens with one attached hydrogen (secondary N) is 2. The molecule has 0 unspecified atom stereocenters. The molecular formula is C17H19N5O. The number of amides is 1. The van der Waals surface area contributed by atoms with Gasteiger partial charge >= 0.3 is 0 Å². The van der Waals surface area contributed by atoms with Crippen LogP contribution in [-0.4, -0.2) is 25.4 Å². The van der Waals surface area contributed by atoms with Crippen molar-refractivity contribution in [1.29, 1.82) is 0 Å². The van der Waals surface area contributed by atoms with Gasteiger partial charge in [0.1, 0.15) is 17.5 Å². The second kappa shape index (κ2) is 5.53. The van der Waals surface area contributed by atoms with Crippen LogP contribution in [0.25, 0.3) is 11.0 Å². The van der Waals surface area contributed by atoms with E-state index in [9.17, 15) is 4.79 Å². The molecule has 118 valence electrons. The van der Waals surface area contributed by atoms with Crippen LogP contribution in [0.4, 0.5) is 5.82 Å². The molecule has 1 aliphatic heterocycles. The number of fused-ring (bicyclic) bond motifs is 2. The summed E-state index contributed by atoms with van der Waals surface area (Å²) in [5.74, 6) is 2.74. The van der Waals surface area contributed by atoms with Gasteiger partial charge in [-0.1, -0.05) is 6.07 Å². The van der Waals surface area contributed by atoms with Crippen molar-refractivity contribution in [2.75, 3.05) is 5.32 Å². The minimum absolute atomic E-state index is 0.0196. The summed E-state index contributed by atoms with van der Waals surface area (Å²) in [5, 5.41) is 2.99. The number of benzene rings is 1. The lowest BCUT2D eigenvalue weighted by Crippen LogP contribution is -2.19. The van der Waals surface area contributed by atoms with E-state index in [4.69, 9.17) is 0 Å². The van der Waals surface area contributed by atoms with E-state index in [0.29, 0.717) is 6.42 Å². The van der Waals surface area contributed by atoms with Gasteiger partial charge in [-0.3, -0.25) is 4.79 Å². The van der Waals surface area contributed by atoms with Gasteiger partial charge in [0.15, 0.2) is 0 Å². The Bertz CT molecular complexity index is 876. The summed E-state index contributed by atoms with van der Waals surface area (Å²) in [4.78, 5) is 24.3. The smallest absolute Gasteiger partial charge is 0.229 e. The van der Waals surface area contributed by atoms with Crippen LogP contribution >= 0.6 is 0 Å². The summed E-state index contributed by atoms with van der Waals surface area (Å²) in [6, 6.07) is 5.89. The Morgan fingerprint density at radius 1 is 1.39 bits per heavy atom. The maximum atomic E-state index is 12.3. The fourth-order valence-electron chi connectivity index (χ4n) is 3.18. The molecule has 0 radical (unpaired) electrons. The molecule has 1 aliphatic rings. The molecule has 3 aromatic rings. The normalized spacial score (nSPS) is 14.0. The van der Waals surface area contributed by atoms with Gasteiger partial charge in [-0.15, -0.1) is 0 Å².